The number of aliphatic hydroxyl groups excluding tert-OH is 2. The van der Waals surface area contributed by atoms with E-state index < -0.39 is 6.23 Å². The Morgan fingerprint density at radius 2 is 2.56 bits per heavy atom. The van der Waals surface area contributed by atoms with Crippen molar-refractivity contribution in [3.8, 4) is 0 Å². The van der Waals surface area contributed by atoms with Gasteiger partial charge in [-0.1, -0.05) is 5.16 Å². The molecule has 0 rings (SSSR count). The first-order chi connectivity index (χ1) is 4.27. The molecule has 0 fully saturated rings. The third-order valence-corrected chi connectivity index (χ3v) is 0.432. The van der Waals surface area contributed by atoms with Gasteiger partial charge >= 0.3 is 0 Å². The fourth-order valence-corrected chi connectivity index (χ4v) is 0.177. The van der Waals surface area contributed by atoms with Crippen LogP contribution in [0, 0.1) is 0 Å². The van der Waals surface area contributed by atoms with Crippen molar-refractivity contribution in [2.45, 2.75) is 13.2 Å². The highest BCUT2D eigenvalue weighted by Gasteiger charge is 1.88. The first kappa shape index (κ1) is 8.35. The number of aliphatic hydroxyl groups is 2. The number of rotatable bonds is 4. The van der Waals surface area contributed by atoms with Crippen molar-refractivity contribution in [3.05, 3.63) is 0 Å². The summed E-state index contributed by atoms with van der Waals surface area (Å²) in [5, 5.41) is 19.8. The summed E-state index contributed by atoms with van der Waals surface area (Å²) in [6.07, 6.45) is 0.385. The van der Waals surface area contributed by atoms with Crippen molar-refractivity contribution in [2.75, 3.05) is 6.61 Å². The van der Waals surface area contributed by atoms with Crippen LogP contribution in [0.25, 0.3) is 0 Å². The van der Waals surface area contributed by atoms with Crippen LogP contribution in [0.3, 0.4) is 0 Å². The Morgan fingerprint density at radius 3 is 3.00 bits per heavy atom. The van der Waals surface area contributed by atoms with Gasteiger partial charge in [-0.25, -0.2) is 0 Å². The number of nitrogens with one attached hydrogen (secondary N) is 1. The summed E-state index contributed by atoms with van der Waals surface area (Å²) in [6.45, 7) is 1.30. The minimum atomic E-state index is -0.763. The molecule has 0 aromatic carbocycles. The van der Waals surface area contributed by atoms with E-state index in [1.54, 1.807) is 0 Å². The van der Waals surface area contributed by atoms with Crippen LogP contribution in [-0.4, -0.2) is 29.3 Å². The van der Waals surface area contributed by atoms with Gasteiger partial charge in [0.15, 0.2) is 0 Å². The monoisotopic (exact) mass is 134 g/mol. The molecule has 0 saturated heterocycles. The van der Waals surface area contributed by atoms with E-state index in [9.17, 15) is 0 Å². The Balaban J connectivity index is 2.99. The summed E-state index contributed by atoms with van der Waals surface area (Å²) in [5.74, 6) is 0. The van der Waals surface area contributed by atoms with Crippen LogP contribution in [0.4, 0.5) is 0 Å². The summed E-state index contributed by atoms with van der Waals surface area (Å²) in [7, 11) is 0. The molecular weight excluding hydrogens is 124 g/mol. The van der Waals surface area contributed by atoms with E-state index in [1.807, 2.05) is 0 Å². The molecule has 5 nitrogen and oxygen atoms in total. The van der Waals surface area contributed by atoms with Gasteiger partial charge in [-0.15, -0.1) is 5.48 Å². The van der Waals surface area contributed by atoms with Crippen LogP contribution < -0.4 is 5.48 Å². The van der Waals surface area contributed by atoms with E-state index >= 15 is 0 Å². The van der Waals surface area contributed by atoms with Crippen LogP contribution in [0.5, 0.6) is 0 Å². The summed E-state index contributed by atoms with van der Waals surface area (Å²) < 4.78 is 0. The van der Waals surface area contributed by atoms with Crippen molar-refractivity contribution < 1.29 is 15.2 Å². The normalized spacial score (nSPS) is 14.1. The van der Waals surface area contributed by atoms with Crippen molar-refractivity contribution >= 4 is 6.21 Å². The zero-order valence-corrected chi connectivity index (χ0v) is 5.11. The molecule has 0 amide bonds. The van der Waals surface area contributed by atoms with E-state index in [4.69, 9.17) is 10.2 Å². The van der Waals surface area contributed by atoms with Crippen LogP contribution >= 0.6 is 0 Å². The lowest BCUT2D eigenvalue weighted by Gasteiger charge is -2.01. The van der Waals surface area contributed by atoms with Gasteiger partial charge in [0.2, 0.25) is 0 Å². The lowest BCUT2D eigenvalue weighted by atomic mass is 10.7. The van der Waals surface area contributed by atoms with Crippen LogP contribution in [0.15, 0.2) is 5.16 Å². The predicted molar refractivity (Wildman–Crippen MR) is 31.5 cm³/mol. The van der Waals surface area contributed by atoms with E-state index in [1.165, 1.54) is 6.92 Å². The van der Waals surface area contributed by atoms with E-state index in [0.29, 0.717) is 0 Å². The molecule has 0 saturated carbocycles. The molecule has 0 spiro atoms. The summed E-state index contributed by atoms with van der Waals surface area (Å²) >= 11 is 0. The van der Waals surface area contributed by atoms with Gasteiger partial charge in [-0.2, -0.15) is 0 Å². The molecule has 0 bridgehead atoms. The average Bonchev–Trinajstić information content (AvgIpc) is 1.80. The summed E-state index contributed by atoms with van der Waals surface area (Å²) in [6, 6.07) is 0. The Labute approximate surface area is 52.9 Å². The second-order valence-corrected chi connectivity index (χ2v) is 1.36. The molecule has 5 heteroatoms. The minimum absolute atomic E-state index is 0.179. The highest BCUT2D eigenvalue weighted by molar-refractivity contribution is 5.56. The molecule has 0 heterocycles. The molecule has 1 atom stereocenters. The maximum atomic E-state index is 8.48. The molecule has 1 unspecified atom stereocenters. The smallest absolute Gasteiger partial charge is 0.137 e. The maximum absolute atomic E-state index is 8.48. The molecular formula is C4H10N2O3. The first-order valence-corrected chi connectivity index (χ1v) is 2.49. The minimum Gasteiger partial charge on any atom is -0.391 e. The third kappa shape index (κ3) is 7.35. The first-order valence-electron chi connectivity index (χ1n) is 2.49. The largest absolute Gasteiger partial charge is 0.391 e. The molecule has 0 aromatic heterocycles. The van der Waals surface area contributed by atoms with Gasteiger partial charge in [0, 0.05) is 0 Å². The second-order valence-electron chi connectivity index (χ2n) is 1.36. The summed E-state index contributed by atoms with van der Waals surface area (Å²) in [4.78, 5) is 4.24. The highest BCUT2D eigenvalue weighted by atomic mass is 16.8. The Morgan fingerprint density at radius 1 is 1.89 bits per heavy atom. The topological polar surface area (TPSA) is 74.1 Å². The van der Waals surface area contributed by atoms with Crippen LogP contribution in [0.2, 0.25) is 0 Å². The molecule has 3 N–H and O–H groups in total. The van der Waals surface area contributed by atoms with Crippen molar-refractivity contribution in [3.63, 3.8) is 0 Å². The number of hydroxylamine groups is 1. The number of hydrogen-bond acceptors (Lipinski definition) is 5. The van der Waals surface area contributed by atoms with Crippen LogP contribution in [-0.2, 0) is 4.94 Å². The Bertz CT molecular complexity index is 83.9. The number of hydrogen-bond donors (Lipinski definition) is 3. The zero-order chi connectivity index (χ0) is 7.11. The molecule has 0 radical (unpaired) electrons. The lowest BCUT2D eigenvalue weighted by molar-refractivity contribution is -0.0461. The van der Waals surface area contributed by atoms with E-state index in [2.05, 4.69) is 15.6 Å². The SMILES string of the molecule is CC(O)NON=CCO. The van der Waals surface area contributed by atoms with E-state index in [0.717, 1.165) is 6.21 Å². The van der Waals surface area contributed by atoms with E-state index in [-0.39, 0.29) is 6.61 Å². The fourth-order valence-electron chi connectivity index (χ4n) is 0.177. The fraction of sp³-hybridized carbons (Fsp3) is 0.750. The Kier molecular flexibility index (Phi) is 5.09. The molecule has 54 valence electrons. The van der Waals surface area contributed by atoms with Gasteiger partial charge in [0.1, 0.15) is 6.23 Å². The van der Waals surface area contributed by atoms with Crippen molar-refractivity contribution in [1.82, 2.24) is 5.48 Å². The molecule has 0 aromatic rings. The molecule has 0 aliphatic rings. The zero-order valence-electron chi connectivity index (χ0n) is 5.11. The predicted octanol–water partition coefficient (Wildman–Crippen LogP) is -1.18. The standard InChI is InChI=1S/C4H10N2O3/c1-4(8)6-9-5-2-3-7/h2,4,6-8H,3H2,1H3. The number of nitrogens with zero attached hydrogens (tertiary/aromatic N) is 1. The van der Waals surface area contributed by atoms with Gasteiger partial charge in [0.05, 0.1) is 12.8 Å². The Hall–Kier alpha value is -0.650. The van der Waals surface area contributed by atoms with Gasteiger partial charge < -0.3 is 10.2 Å². The van der Waals surface area contributed by atoms with Gasteiger partial charge in [-0.05, 0) is 6.92 Å². The maximum Gasteiger partial charge on any atom is 0.137 e. The molecule has 0 aliphatic carbocycles. The average molecular weight is 134 g/mol. The lowest BCUT2D eigenvalue weighted by Crippen LogP contribution is -2.23. The van der Waals surface area contributed by atoms with Crippen molar-refractivity contribution in [2.24, 2.45) is 5.16 Å². The quantitative estimate of drug-likeness (QED) is 0.257. The summed E-state index contributed by atoms with van der Waals surface area (Å²) in [5.41, 5.74) is 2.13. The van der Waals surface area contributed by atoms with Crippen LogP contribution in [0.1, 0.15) is 6.92 Å². The van der Waals surface area contributed by atoms with Gasteiger partial charge in [-0.3, -0.25) is 4.94 Å². The molecule has 9 heavy (non-hydrogen) atoms. The highest BCUT2D eigenvalue weighted by Crippen LogP contribution is 1.71. The second kappa shape index (κ2) is 5.49. The van der Waals surface area contributed by atoms with Gasteiger partial charge in [0.25, 0.3) is 0 Å². The third-order valence-electron chi connectivity index (χ3n) is 0.432. The molecule has 0 aliphatic heterocycles. The van der Waals surface area contributed by atoms with Crippen molar-refractivity contribution in [1.29, 1.82) is 0 Å². The number of oxime groups is 1.